The number of benzene rings is 1. The zero-order chi connectivity index (χ0) is 14.5. The Bertz CT molecular complexity index is 619. The number of nitro groups is 1. The summed E-state index contributed by atoms with van der Waals surface area (Å²) in [6.07, 6.45) is 2.30. The van der Waals surface area contributed by atoms with Crippen LogP contribution in [0.2, 0.25) is 0 Å². The third-order valence-electron chi connectivity index (χ3n) is 2.95. The molecule has 0 atom stereocenters. The Labute approximate surface area is 115 Å². The van der Waals surface area contributed by atoms with Gasteiger partial charge < -0.3 is 0 Å². The molecule has 1 heterocycles. The van der Waals surface area contributed by atoms with Gasteiger partial charge in [-0.25, -0.2) is 4.68 Å². The number of non-ortho nitro benzene ring substituents is 1. The first-order valence-corrected chi connectivity index (χ1v) is 6.26. The summed E-state index contributed by atoms with van der Waals surface area (Å²) in [6.45, 7) is 2.45. The largest absolute Gasteiger partial charge is 0.296 e. The lowest BCUT2D eigenvalue weighted by atomic mass is 10.2. The minimum atomic E-state index is -0.438. The molecule has 0 saturated heterocycles. The van der Waals surface area contributed by atoms with Gasteiger partial charge in [-0.1, -0.05) is 30.7 Å². The van der Waals surface area contributed by atoms with Gasteiger partial charge in [0.15, 0.2) is 6.29 Å². The maximum absolute atomic E-state index is 10.9. The van der Waals surface area contributed by atoms with Crippen molar-refractivity contribution in [3.05, 3.63) is 51.3 Å². The molecular formula is C13H14N4O3. The first-order chi connectivity index (χ1) is 9.65. The molecule has 0 unspecified atom stereocenters. The molecule has 20 heavy (non-hydrogen) atoms. The number of nitro benzene ring substituents is 1. The van der Waals surface area contributed by atoms with Crippen LogP contribution in [0.4, 0.5) is 5.69 Å². The Morgan fingerprint density at radius 1 is 1.35 bits per heavy atom. The van der Waals surface area contributed by atoms with Gasteiger partial charge in [-0.3, -0.25) is 14.9 Å². The predicted octanol–water partition coefficient (Wildman–Crippen LogP) is 2.00. The van der Waals surface area contributed by atoms with Crippen LogP contribution in [0.1, 0.15) is 35.1 Å². The van der Waals surface area contributed by atoms with Gasteiger partial charge >= 0.3 is 0 Å². The summed E-state index contributed by atoms with van der Waals surface area (Å²) in [4.78, 5) is 21.0. The summed E-state index contributed by atoms with van der Waals surface area (Å²) >= 11 is 0. The summed E-state index contributed by atoms with van der Waals surface area (Å²) in [5.41, 5.74) is 2.07. The van der Waals surface area contributed by atoms with Gasteiger partial charge in [-0.05, 0) is 12.0 Å². The molecule has 0 N–H and O–H groups in total. The molecule has 0 radical (unpaired) electrons. The molecule has 0 fully saturated rings. The Morgan fingerprint density at radius 2 is 2.05 bits per heavy atom. The fraction of sp³-hybridized carbons (Fsp3) is 0.308. The Balaban J connectivity index is 2.23. The van der Waals surface area contributed by atoms with Gasteiger partial charge in [0.05, 0.1) is 17.2 Å². The molecule has 0 aliphatic heterocycles. The second-order valence-corrected chi connectivity index (χ2v) is 4.37. The lowest BCUT2D eigenvalue weighted by Crippen LogP contribution is -2.07. The van der Waals surface area contributed by atoms with E-state index in [1.54, 1.807) is 16.8 Å². The van der Waals surface area contributed by atoms with E-state index >= 15 is 0 Å². The SMILES string of the molecule is CCCc1c(C=O)nnn1Cc1ccc([N+](=O)[O-])cc1. The Morgan fingerprint density at radius 3 is 2.60 bits per heavy atom. The molecule has 7 heteroatoms. The van der Waals surface area contributed by atoms with E-state index in [4.69, 9.17) is 0 Å². The number of nitrogens with zero attached hydrogens (tertiary/aromatic N) is 4. The summed E-state index contributed by atoms with van der Waals surface area (Å²) < 4.78 is 1.66. The van der Waals surface area contributed by atoms with Crippen LogP contribution in [0.15, 0.2) is 24.3 Å². The topological polar surface area (TPSA) is 90.9 Å². The highest BCUT2D eigenvalue weighted by atomic mass is 16.6. The summed E-state index contributed by atoms with van der Waals surface area (Å²) in [5.74, 6) is 0. The fourth-order valence-corrected chi connectivity index (χ4v) is 1.95. The van der Waals surface area contributed by atoms with Crippen molar-refractivity contribution in [2.24, 2.45) is 0 Å². The van der Waals surface area contributed by atoms with Gasteiger partial charge in [0.2, 0.25) is 0 Å². The van der Waals surface area contributed by atoms with Crippen molar-refractivity contribution in [1.29, 1.82) is 0 Å². The second kappa shape index (κ2) is 6.05. The number of hydrogen-bond donors (Lipinski definition) is 0. The minimum absolute atomic E-state index is 0.0507. The van der Waals surface area contributed by atoms with Gasteiger partial charge in [0.1, 0.15) is 5.69 Å². The van der Waals surface area contributed by atoms with Crippen LogP contribution in [0, 0.1) is 10.1 Å². The molecule has 104 valence electrons. The second-order valence-electron chi connectivity index (χ2n) is 4.37. The van der Waals surface area contributed by atoms with E-state index in [2.05, 4.69) is 10.3 Å². The van der Waals surface area contributed by atoms with Crippen LogP contribution < -0.4 is 0 Å². The van der Waals surface area contributed by atoms with Gasteiger partial charge in [0, 0.05) is 12.1 Å². The van der Waals surface area contributed by atoms with E-state index in [1.807, 2.05) is 6.92 Å². The lowest BCUT2D eigenvalue weighted by molar-refractivity contribution is -0.384. The molecule has 0 amide bonds. The quantitative estimate of drug-likeness (QED) is 0.456. The average molecular weight is 274 g/mol. The number of rotatable bonds is 6. The zero-order valence-corrected chi connectivity index (χ0v) is 11.0. The first kappa shape index (κ1) is 13.9. The third-order valence-corrected chi connectivity index (χ3v) is 2.95. The van der Waals surface area contributed by atoms with Gasteiger partial charge in [0.25, 0.3) is 5.69 Å². The number of carbonyl (C=O) groups is 1. The van der Waals surface area contributed by atoms with Crippen molar-refractivity contribution >= 4 is 12.0 Å². The van der Waals surface area contributed by atoms with Crippen molar-refractivity contribution in [1.82, 2.24) is 15.0 Å². The molecule has 0 aliphatic rings. The standard InChI is InChI=1S/C13H14N4O3/c1-2-3-13-12(9-18)14-15-16(13)8-10-4-6-11(7-5-10)17(19)20/h4-7,9H,2-3,8H2,1H3. The summed E-state index contributed by atoms with van der Waals surface area (Å²) in [6, 6.07) is 6.25. The molecule has 0 saturated carbocycles. The normalized spacial score (nSPS) is 10.4. The molecule has 0 aliphatic carbocycles. The molecule has 7 nitrogen and oxygen atoms in total. The van der Waals surface area contributed by atoms with E-state index in [0.717, 1.165) is 17.7 Å². The van der Waals surface area contributed by atoms with Crippen LogP contribution in [0.3, 0.4) is 0 Å². The van der Waals surface area contributed by atoms with Crippen molar-refractivity contribution in [3.63, 3.8) is 0 Å². The van der Waals surface area contributed by atoms with Gasteiger partial charge in [-0.2, -0.15) is 0 Å². The highest BCUT2D eigenvalue weighted by Crippen LogP contribution is 2.14. The summed E-state index contributed by atoms with van der Waals surface area (Å²) in [5, 5.41) is 18.4. The summed E-state index contributed by atoms with van der Waals surface area (Å²) in [7, 11) is 0. The maximum Gasteiger partial charge on any atom is 0.269 e. The van der Waals surface area contributed by atoms with Crippen molar-refractivity contribution < 1.29 is 9.72 Å². The van der Waals surface area contributed by atoms with E-state index in [1.165, 1.54) is 12.1 Å². The van der Waals surface area contributed by atoms with Gasteiger partial charge in [-0.15, -0.1) is 5.10 Å². The van der Waals surface area contributed by atoms with Crippen LogP contribution in [-0.4, -0.2) is 26.2 Å². The molecular weight excluding hydrogens is 260 g/mol. The van der Waals surface area contributed by atoms with E-state index < -0.39 is 4.92 Å². The molecule has 1 aromatic carbocycles. The highest BCUT2D eigenvalue weighted by molar-refractivity contribution is 5.73. The first-order valence-electron chi connectivity index (χ1n) is 6.26. The third kappa shape index (κ3) is 2.87. The van der Waals surface area contributed by atoms with Crippen LogP contribution in [0.5, 0.6) is 0 Å². The van der Waals surface area contributed by atoms with Crippen molar-refractivity contribution in [3.8, 4) is 0 Å². The monoisotopic (exact) mass is 274 g/mol. The van der Waals surface area contributed by atoms with Crippen LogP contribution in [-0.2, 0) is 13.0 Å². The van der Waals surface area contributed by atoms with Crippen LogP contribution >= 0.6 is 0 Å². The molecule has 2 aromatic rings. The number of hydrogen-bond acceptors (Lipinski definition) is 5. The van der Waals surface area contributed by atoms with E-state index in [-0.39, 0.29) is 5.69 Å². The smallest absolute Gasteiger partial charge is 0.269 e. The lowest BCUT2D eigenvalue weighted by Gasteiger charge is -2.05. The number of carbonyl (C=O) groups excluding carboxylic acids is 1. The van der Waals surface area contributed by atoms with Crippen LogP contribution in [0.25, 0.3) is 0 Å². The average Bonchev–Trinajstić information content (AvgIpc) is 2.82. The predicted molar refractivity (Wildman–Crippen MR) is 71.6 cm³/mol. The Hall–Kier alpha value is -2.57. The Kier molecular flexibility index (Phi) is 4.19. The van der Waals surface area contributed by atoms with Crippen molar-refractivity contribution in [2.45, 2.75) is 26.3 Å². The molecule has 1 aromatic heterocycles. The highest BCUT2D eigenvalue weighted by Gasteiger charge is 2.12. The minimum Gasteiger partial charge on any atom is -0.296 e. The molecule has 2 rings (SSSR count). The zero-order valence-electron chi connectivity index (χ0n) is 11.0. The van der Waals surface area contributed by atoms with E-state index in [0.29, 0.717) is 24.9 Å². The fourth-order valence-electron chi connectivity index (χ4n) is 1.95. The number of aromatic nitrogens is 3. The van der Waals surface area contributed by atoms with Crippen molar-refractivity contribution in [2.75, 3.05) is 0 Å². The maximum atomic E-state index is 10.9. The molecule has 0 bridgehead atoms. The number of aldehydes is 1. The molecule has 0 spiro atoms. The van der Waals surface area contributed by atoms with E-state index in [9.17, 15) is 14.9 Å².